The van der Waals surface area contributed by atoms with Crippen LogP contribution >= 0.6 is 23.1 Å². The zero-order valence-corrected chi connectivity index (χ0v) is 27.6. The van der Waals surface area contributed by atoms with Crippen molar-refractivity contribution < 1.29 is 19.1 Å². The summed E-state index contributed by atoms with van der Waals surface area (Å²) in [5.41, 5.74) is 4.60. The van der Waals surface area contributed by atoms with Crippen molar-refractivity contribution in [1.82, 2.24) is 0 Å². The molecule has 1 aromatic heterocycles. The molecule has 0 saturated carbocycles. The van der Waals surface area contributed by atoms with Gasteiger partial charge in [-0.05, 0) is 72.2 Å². The van der Waals surface area contributed by atoms with Gasteiger partial charge in [-0.1, -0.05) is 72.8 Å². The van der Waals surface area contributed by atoms with Gasteiger partial charge in [-0.25, -0.2) is 0 Å². The van der Waals surface area contributed by atoms with E-state index < -0.39 is 5.25 Å². The summed E-state index contributed by atoms with van der Waals surface area (Å²) in [7, 11) is 3.01. The fourth-order valence-corrected chi connectivity index (χ4v) is 8.30. The summed E-state index contributed by atoms with van der Waals surface area (Å²) in [6.07, 6.45) is 2.62. The van der Waals surface area contributed by atoms with Gasteiger partial charge in [0.05, 0.1) is 19.8 Å². The molecule has 2 atom stereocenters. The largest absolute Gasteiger partial charge is 0.496 e. The average molecular weight is 660 g/mol. The van der Waals surface area contributed by atoms with E-state index in [0.717, 1.165) is 40.2 Å². The maximum atomic E-state index is 14.0. The van der Waals surface area contributed by atoms with E-state index in [0.29, 0.717) is 39.2 Å². The zero-order valence-electron chi connectivity index (χ0n) is 26.0. The number of carbonyl (C=O) groups is 2. The number of anilines is 2. The van der Waals surface area contributed by atoms with E-state index in [1.165, 1.54) is 42.9 Å². The van der Waals surface area contributed by atoms with Crippen LogP contribution in [0.15, 0.2) is 108 Å². The Bertz CT molecular complexity index is 1910. The summed E-state index contributed by atoms with van der Waals surface area (Å²) < 4.78 is 10.8. The van der Waals surface area contributed by atoms with Crippen molar-refractivity contribution in [1.29, 1.82) is 5.26 Å². The predicted molar refractivity (Wildman–Crippen MR) is 188 cm³/mol. The van der Waals surface area contributed by atoms with Gasteiger partial charge in [-0.3, -0.25) is 9.59 Å². The lowest BCUT2D eigenvalue weighted by Gasteiger charge is -2.22. The topological polar surface area (TPSA) is 100 Å². The molecule has 0 spiro atoms. The Morgan fingerprint density at radius 1 is 0.894 bits per heavy atom. The van der Waals surface area contributed by atoms with E-state index in [1.807, 2.05) is 54.6 Å². The van der Waals surface area contributed by atoms with Gasteiger partial charge in [0.15, 0.2) is 0 Å². The van der Waals surface area contributed by atoms with E-state index in [4.69, 9.17) is 9.47 Å². The molecule has 5 aromatic rings. The predicted octanol–water partition coefficient (Wildman–Crippen LogP) is 8.63. The number of thiophene rings is 1. The third-order valence-corrected chi connectivity index (χ3v) is 10.6. The highest BCUT2D eigenvalue weighted by Gasteiger charge is 2.29. The van der Waals surface area contributed by atoms with Crippen molar-refractivity contribution >= 4 is 45.6 Å². The molecule has 2 N–H and O–H groups in total. The van der Waals surface area contributed by atoms with E-state index in [-0.39, 0.29) is 11.8 Å². The second kappa shape index (κ2) is 14.6. The van der Waals surface area contributed by atoms with Gasteiger partial charge < -0.3 is 20.1 Å². The highest BCUT2D eigenvalue weighted by Crippen LogP contribution is 2.44. The van der Waals surface area contributed by atoms with Gasteiger partial charge in [0.25, 0.3) is 5.91 Å². The number of thioether (sulfide) groups is 1. The number of rotatable bonds is 10. The fraction of sp³-hybridized carbons (Fsp3) is 0.184. The summed E-state index contributed by atoms with van der Waals surface area (Å²) in [5.74, 6) is 0.594. The number of nitrogens with zero attached hydrogens (tertiary/aromatic N) is 1. The first-order valence-electron chi connectivity index (χ1n) is 15.2. The highest BCUT2D eigenvalue weighted by atomic mass is 32.2. The first kappa shape index (κ1) is 31.9. The molecule has 0 saturated heterocycles. The third kappa shape index (κ3) is 7.04. The van der Waals surface area contributed by atoms with Crippen molar-refractivity contribution in [3.63, 3.8) is 0 Å². The van der Waals surface area contributed by atoms with Gasteiger partial charge in [0, 0.05) is 15.5 Å². The van der Waals surface area contributed by atoms with Gasteiger partial charge in [0.1, 0.15) is 33.4 Å². The van der Waals surface area contributed by atoms with Crippen LogP contribution in [0.1, 0.15) is 55.1 Å². The molecule has 236 valence electrons. The SMILES string of the molecule is COc1cccc(OC)c1C(=O)Nc1cccc(SC(C(=O)Nc2sc3c(c2C#N)CCC(c2ccccc2)C3)c2ccccc2)c1. The summed E-state index contributed by atoms with van der Waals surface area (Å²) in [6.45, 7) is 0. The van der Waals surface area contributed by atoms with Crippen LogP contribution in [0.5, 0.6) is 11.5 Å². The van der Waals surface area contributed by atoms with E-state index in [2.05, 4.69) is 41.0 Å². The van der Waals surface area contributed by atoms with Gasteiger partial charge in [-0.15, -0.1) is 23.1 Å². The highest BCUT2D eigenvalue weighted by molar-refractivity contribution is 8.00. The van der Waals surface area contributed by atoms with Crippen molar-refractivity contribution in [2.45, 2.75) is 35.3 Å². The first-order chi connectivity index (χ1) is 23.0. The van der Waals surface area contributed by atoms with Crippen LogP contribution in [0.2, 0.25) is 0 Å². The lowest BCUT2D eigenvalue weighted by atomic mass is 9.83. The lowest BCUT2D eigenvalue weighted by Crippen LogP contribution is -2.19. The number of amides is 2. The Morgan fingerprint density at radius 2 is 1.57 bits per heavy atom. The number of nitrogens with one attached hydrogen (secondary N) is 2. The number of methoxy groups -OCH3 is 2. The summed E-state index contributed by atoms with van der Waals surface area (Å²) in [4.78, 5) is 29.3. The number of fused-ring (bicyclic) bond motifs is 1. The molecule has 1 heterocycles. The Balaban J connectivity index is 1.23. The number of hydrogen-bond acceptors (Lipinski definition) is 7. The molecule has 47 heavy (non-hydrogen) atoms. The molecule has 0 aliphatic heterocycles. The van der Waals surface area contributed by atoms with Gasteiger partial charge >= 0.3 is 0 Å². The molecule has 0 radical (unpaired) electrons. The van der Waals surface area contributed by atoms with Crippen LogP contribution in [-0.2, 0) is 17.6 Å². The standard InChI is InChI=1S/C38H33N3O4S2/c1-44-31-17-10-18-32(45-2)34(31)36(42)40-27-15-9-16-28(22-27)46-35(25-13-7-4-8-14-25)37(43)41-38-30(23-39)29-20-19-26(21-33(29)47-38)24-11-5-3-6-12-24/h3-18,22,26,35H,19-21H2,1-2H3,(H,40,42)(H,41,43). The Hall–Kier alpha value is -5.04. The minimum absolute atomic E-state index is 0.218. The maximum Gasteiger partial charge on any atom is 0.263 e. The number of ether oxygens (including phenoxy) is 2. The molecule has 1 aliphatic carbocycles. The summed E-state index contributed by atoms with van der Waals surface area (Å²) in [6, 6.07) is 35.0. The van der Waals surface area contributed by atoms with Crippen LogP contribution in [0.25, 0.3) is 0 Å². The minimum atomic E-state index is -0.612. The van der Waals surface area contributed by atoms with Gasteiger partial charge in [-0.2, -0.15) is 5.26 Å². The smallest absolute Gasteiger partial charge is 0.263 e. The summed E-state index contributed by atoms with van der Waals surface area (Å²) in [5, 5.41) is 16.2. The lowest BCUT2D eigenvalue weighted by molar-refractivity contribution is -0.115. The molecular formula is C38H33N3O4S2. The van der Waals surface area contributed by atoms with Crippen LogP contribution in [0, 0.1) is 11.3 Å². The molecule has 1 aliphatic rings. The van der Waals surface area contributed by atoms with Crippen molar-refractivity contribution in [3.05, 3.63) is 136 Å². The van der Waals surface area contributed by atoms with Crippen LogP contribution in [-0.4, -0.2) is 26.0 Å². The number of carbonyl (C=O) groups excluding carboxylic acids is 2. The molecule has 2 amide bonds. The second-order valence-electron chi connectivity index (χ2n) is 11.1. The quantitative estimate of drug-likeness (QED) is 0.146. The molecule has 7 nitrogen and oxygen atoms in total. The first-order valence-corrected chi connectivity index (χ1v) is 16.9. The van der Waals surface area contributed by atoms with Crippen LogP contribution in [0.4, 0.5) is 10.7 Å². The molecule has 0 bridgehead atoms. The maximum absolute atomic E-state index is 14.0. The van der Waals surface area contributed by atoms with Crippen molar-refractivity contribution in [3.8, 4) is 17.6 Å². The van der Waals surface area contributed by atoms with Crippen LogP contribution < -0.4 is 20.1 Å². The van der Waals surface area contributed by atoms with Crippen molar-refractivity contribution in [2.24, 2.45) is 0 Å². The average Bonchev–Trinajstić information content (AvgIpc) is 3.46. The Kier molecular flexibility index (Phi) is 9.91. The molecule has 6 rings (SSSR count). The number of benzene rings is 4. The monoisotopic (exact) mass is 659 g/mol. The summed E-state index contributed by atoms with van der Waals surface area (Å²) >= 11 is 2.89. The molecular weight excluding hydrogens is 627 g/mol. The minimum Gasteiger partial charge on any atom is -0.496 e. The van der Waals surface area contributed by atoms with E-state index in [1.54, 1.807) is 24.3 Å². The third-order valence-electron chi connectivity index (χ3n) is 8.23. The van der Waals surface area contributed by atoms with Gasteiger partial charge in [0.2, 0.25) is 5.91 Å². The number of nitriles is 1. The second-order valence-corrected chi connectivity index (χ2v) is 13.4. The molecule has 2 unspecified atom stereocenters. The fourth-order valence-electron chi connectivity index (χ4n) is 5.93. The van der Waals surface area contributed by atoms with E-state index >= 15 is 0 Å². The normalized spacial score (nSPS) is 14.3. The number of hydrogen-bond donors (Lipinski definition) is 2. The molecule has 4 aromatic carbocycles. The Labute approximate surface area is 282 Å². The van der Waals surface area contributed by atoms with Crippen LogP contribution in [0.3, 0.4) is 0 Å². The van der Waals surface area contributed by atoms with E-state index in [9.17, 15) is 14.9 Å². The zero-order chi connectivity index (χ0) is 32.8. The van der Waals surface area contributed by atoms with Crippen molar-refractivity contribution in [2.75, 3.05) is 24.9 Å². The molecule has 0 fully saturated rings. The Morgan fingerprint density at radius 3 is 2.26 bits per heavy atom. The molecule has 9 heteroatoms.